The van der Waals surface area contributed by atoms with Crippen LogP contribution in [0.5, 0.6) is 0 Å². The SMILES string of the molecule is CC(C)(F)c1ccccc1-c1nccc2ccccc12.CCCCC. The standard InChI is InChI=1S/C18H16FN.C5H12/c1-18(2,19)16-10-6-5-9-15(16)17-14-8-4-3-7-13(14)11-12-20-17;1-3-5-4-2/h3-12H,1-2H3;3-5H2,1-2H3. The molecule has 3 aromatic rings. The van der Waals surface area contributed by atoms with Crippen molar-refractivity contribution >= 4 is 10.8 Å². The number of nitrogens with zero attached hydrogens (tertiary/aromatic N) is 1. The van der Waals surface area contributed by atoms with Gasteiger partial charge in [0.25, 0.3) is 0 Å². The van der Waals surface area contributed by atoms with Gasteiger partial charge < -0.3 is 0 Å². The monoisotopic (exact) mass is 337 g/mol. The zero-order valence-electron chi connectivity index (χ0n) is 15.7. The smallest absolute Gasteiger partial charge is 0.131 e. The van der Waals surface area contributed by atoms with Crippen LogP contribution in [0.3, 0.4) is 0 Å². The molecule has 0 unspecified atom stereocenters. The van der Waals surface area contributed by atoms with E-state index in [4.69, 9.17) is 0 Å². The molecule has 0 aliphatic carbocycles. The molecule has 0 aliphatic rings. The summed E-state index contributed by atoms with van der Waals surface area (Å²) in [4.78, 5) is 4.48. The number of pyridine rings is 1. The Kier molecular flexibility index (Phi) is 6.69. The fourth-order valence-corrected chi connectivity index (χ4v) is 2.90. The van der Waals surface area contributed by atoms with Gasteiger partial charge in [0, 0.05) is 17.1 Å². The van der Waals surface area contributed by atoms with Crippen LogP contribution in [0.4, 0.5) is 4.39 Å². The molecule has 1 aromatic heterocycles. The van der Waals surface area contributed by atoms with E-state index in [0.29, 0.717) is 5.56 Å². The van der Waals surface area contributed by atoms with Crippen molar-refractivity contribution in [3.8, 4) is 11.3 Å². The number of aromatic nitrogens is 1. The Morgan fingerprint density at radius 3 is 2.16 bits per heavy atom. The van der Waals surface area contributed by atoms with Gasteiger partial charge in [-0.1, -0.05) is 81.6 Å². The molecule has 0 N–H and O–H groups in total. The number of benzene rings is 2. The second-order valence-electron chi connectivity index (χ2n) is 6.75. The quantitative estimate of drug-likeness (QED) is 0.486. The van der Waals surface area contributed by atoms with Crippen LogP contribution in [0, 0.1) is 0 Å². The largest absolute Gasteiger partial charge is 0.256 e. The molecule has 0 saturated carbocycles. The van der Waals surface area contributed by atoms with Crippen molar-refractivity contribution < 1.29 is 4.39 Å². The minimum Gasteiger partial charge on any atom is -0.256 e. The lowest BCUT2D eigenvalue weighted by molar-refractivity contribution is 0.222. The first-order valence-corrected chi connectivity index (χ1v) is 9.11. The van der Waals surface area contributed by atoms with Crippen LogP contribution in [0.25, 0.3) is 22.0 Å². The van der Waals surface area contributed by atoms with Crippen LogP contribution in [0.1, 0.15) is 52.5 Å². The third kappa shape index (κ3) is 4.88. The predicted octanol–water partition coefficient (Wildman–Crippen LogP) is 7.30. The van der Waals surface area contributed by atoms with Gasteiger partial charge >= 0.3 is 0 Å². The Bertz CT molecular complexity index is 795. The van der Waals surface area contributed by atoms with E-state index in [0.717, 1.165) is 22.0 Å². The molecule has 3 rings (SSSR count). The predicted molar refractivity (Wildman–Crippen MR) is 107 cm³/mol. The number of rotatable bonds is 4. The minimum atomic E-state index is -1.39. The zero-order chi connectivity index (χ0) is 18.3. The summed E-state index contributed by atoms with van der Waals surface area (Å²) in [5.41, 5.74) is 0.972. The van der Waals surface area contributed by atoms with E-state index in [9.17, 15) is 4.39 Å². The lowest BCUT2D eigenvalue weighted by atomic mass is 9.91. The molecule has 2 heteroatoms. The van der Waals surface area contributed by atoms with Gasteiger partial charge in [0.05, 0.1) is 5.69 Å². The molecular formula is C23H28FN. The summed E-state index contributed by atoms with van der Waals surface area (Å²) in [7, 11) is 0. The number of halogens is 1. The van der Waals surface area contributed by atoms with Crippen molar-refractivity contribution in [1.29, 1.82) is 0 Å². The first-order chi connectivity index (χ1) is 12.0. The van der Waals surface area contributed by atoms with Gasteiger partial charge in [0.1, 0.15) is 5.67 Å². The van der Waals surface area contributed by atoms with E-state index in [1.54, 1.807) is 20.0 Å². The number of hydrogen-bond acceptors (Lipinski definition) is 1. The van der Waals surface area contributed by atoms with Gasteiger partial charge in [-0.25, -0.2) is 4.39 Å². The molecule has 0 radical (unpaired) electrons. The highest BCUT2D eigenvalue weighted by atomic mass is 19.1. The fraction of sp³-hybridized carbons (Fsp3) is 0.348. The second kappa shape index (κ2) is 8.75. The topological polar surface area (TPSA) is 12.9 Å². The van der Waals surface area contributed by atoms with Crippen molar-refractivity contribution in [3.63, 3.8) is 0 Å². The number of unbranched alkanes of at least 4 members (excludes halogenated alkanes) is 2. The molecule has 0 saturated heterocycles. The average molecular weight is 337 g/mol. The second-order valence-corrected chi connectivity index (χ2v) is 6.75. The van der Waals surface area contributed by atoms with Crippen LogP contribution in [0.2, 0.25) is 0 Å². The lowest BCUT2D eigenvalue weighted by Crippen LogP contribution is -2.11. The Balaban J connectivity index is 0.000000399. The van der Waals surface area contributed by atoms with Crippen molar-refractivity contribution in [1.82, 2.24) is 4.98 Å². The molecule has 1 heterocycles. The van der Waals surface area contributed by atoms with Crippen LogP contribution < -0.4 is 0 Å². The molecule has 1 nitrogen and oxygen atoms in total. The molecule has 0 aliphatic heterocycles. The molecule has 132 valence electrons. The van der Waals surface area contributed by atoms with Gasteiger partial charge in [-0.15, -0.1) is 0 Å². The van der Waals surface area contributed by atoms with Gasteiger partial charge in [0.15, 0.2) is 0 Å². The van der Waals surface area contributed by atoms with Crippen LogP contribution in [0.15, 0.2) is 60.8 Å². The lowest BCUT2D eigenvalue weighted by Gasteiger charge is -2.19. The summed E-state index contributed by atoms with van der Waals surface area (Å²) < 4.78 is 14.4. The highest BCUT2D eigenvalue weighted by Gasteiger charge is 2.23. The molecular weight excluding hydrogens is 309 g/mol. The number of hydrogen-bond donors (Lipinski definition) is 0. The third-order valence-corrected chi connectivity index (χ3v) is 4.20. The van der Waals surface area contributed by atoms with Crippen molar-refractivity contribution in [2.24, 2.45) is 0 Å². The van der Waals surface area contributed by atoms with Crippen LogP contribution >= 0.6 is 0 Å². The summed E-state index contributed by atoms with van der Waals surface area (Å²) in [6, 6.07) is 17.6. The maximum atomic E-state index is 14.4. The van der Waals surface area contributed by atoms with E-state index >= 15 is 0 Å². The molecule has 2 aromatic carbocycles. The van der Waals surface area contributed by atoms with E-state index in [-0.39, 0.29) is 0 Å². The highest BCUT2D eigenvalue weighted by Crippen LogP contribution is 2.35. The molecule has 0 fully saturated rings. The van der Waals surface area contributed by atoms with E-state index in [2.05, 4.69) is 18.8 Å². The third-order valence-electron chi connectivity index (χ3n) is 4.20. The van der Waals surface area contributed by atoms with Crippen LogP contribution in [-0.2, 0) is 5.67 Å². The molecule has 0 atom stereocenters. The first-order valence-electron chi connectivity index (χ1n) is 9.11. The van der Waals surface area contributed by atoms with Gasteiger partial charge in [-0.3, -0.25) is 4.98 Å². The maximum Gasteiger partial charge on any atom is 0.131 e. The van der Waals surface area contributed by atoms with Crippen molar-refractivity contribution in [2.45, 2.75) is 52.6 Å². The Labute approximate surface area is 150 Å². The van der Waals surface area contributed by atoms with Gasteiger partial charge in [-0.2, -0.15) is 0 Å². The van der Waals surface area contributed by atoms with E-state index in [1.807, 2.05) is 54.6 Å². The highest BCUT2D eigenvalue weighted by molar-refractivity contribution is 5.95. The fourth-order valence-electron chi connectivity index (χ4n) is 2.90. The Hall–Kier alpha value is -2.22. The van der Waals surface area contributed by atoms with E-state index in [1.165, 1.54) is 19.3 Å². The summed E-state index contributed by atoms with van der Waals surface area (Å²) >= 11 is 0. The van der Waals surface area contributed by atoms with Crippen molar-refractivity contribution in [2.75, 3.05) is 0 Å². The zero-order valence-corrected chi connectivity index (χ0v) is 15.7. The number of fused-ring (bicyclic) bond motifs is 1. The van der Waals surface area contributed by atoms with Gasteiger partial charge in [0.2, 0.25) is 0 Å². The molecule has 0 amide bonds. The average Bonchev–Trinajstić information content (AvgIpc) is 2.62. The normalized spacial score (nSPS) is 11.1. The summed E-state index contributed by atoms with van der Waals surface area (Å²) in [5, 5.41) is 2.16. The first kappa shape index (κ1) is 19.1. The summed E-state index contributed by atoms with van der Waals surface area (Å²) in [6.45, 7) is 7.58. The molecule has 0 spiro atoms. The Morgan fingerprint density at radius 2 is 1.52 bits per heavy atom. The summed E-state index contributed by atoms with van der Waals surface area (Å²) in [6.07, 6.45) is 5.85. The molecule has 25 heavy (non-hydrogen) atoms. The maximum absolute atomic E-state index is 14.4. The van der Waals surface area contributed by atoms with Gasteiger partial charge in [-0.05, 0) is 30.9 Å². The van der Waals surface area contributed by atoms with Crippen molar-refractivity contribution in [3.05, 3.63) is 66.4 Å². The summed E-state index contributed by atoms with van der Waals surface area (Å²) in [5.74, 6) is 0. The van der Waals surface area contributed by atoms with E-state index < -0.39 is 5.67 Å². The molecule has 0 bridgehead atoms. The number of alkyl halides is 1. The Morgan fingerprint density at radius 1 is 0.880 bits per heavy atom. The van der Waals surface area contributed by atoms with Crippen LogP contribution in [-0.4, -0.2) is 4.98 Å². The minimum absolute atomic E-state index is 0.670.